The van der Waals surface area contributed by atoms with Crippen LogP contribution in [0, 0.1) is 21.4 Å². The fourth-order valence-electron chi connectivity index (χ4n) is 4.43. The molecule has 1 aliphatic rings. The number of carbonyl (C=O) groups excluding carboxylic acids is 1. The van der Waals surface area contributed by atoms with Crippen LogP contribution in [0.4, 0.5) is 16.4 Å². The molecule has 9 heteroatoms. The number of amides is 1. The van der Waals surface area contributed by atoms with Gasteiger partial charge in [0.25, 0.3) is 5.91 Å². The third-order valence-corrected chi connectivity index (χ3v) is 7.95. The summed E-state index contributed by atoms with van der Waals surface area (Å²) in [6.07, 6.45) is 4.27. The number of hydrogen-bond donors (Lipinski definition) is 1. The van der Waals surface area contributed by atoms with E-state index in [0.29, 0.717) is 32.8 Å². The molecule has 2 aromatic carbocycles. The molecule has 0 fully saturated rings. The number of carbonyl (C=O) groups is 1. The molecule has 1 atom stereocenters. The predicted molar refractivity (Wildman–Crippen MR) is 146 cm³/mol. The maximum Gasteiger partial charge on any atom is 0.311 e. The molecule has 0 bridgehead atoms. The number of anilines is 1. The van der Waals surface area contributed by atoms with Gasteiger partial charge in [-0.05, 0) is 78.1 Å². The maximum atomic E-state index is 13.5. The number of nitro groups is 1. The Balaban J connectivity index is 1.71. The van der Waals surface area contributed by atoms with Crippen molar-refractivity contribution in [2.75, 3.05) is 12.4 Å². The Morgan fingerprint density at radius 2 is 1.97 bits per heavy atom. The molecule has 1 aliphatic carbocycles. The van der Waals surface area contributed by atoms with Gasteiger partial charge in [0.1, 0.15) is 5.00 Å². The number of methoxy groups -OCH3 is 1. The first kappa shape index (κ1) is 25.9. The van der Waals surface area contributed by atoms with E-state index in [1.165, 1.54) is 29.4 Å². The quantitative estimate of drug-likeness (QED) is 0.205. The molecule has 36 heavy (non-hydrogen) atoms. The lowest BCUT2D eigenvalue weighted by Gasteiger charge is -2.33. The molecule has 3 aromatic rings. The predicted octanol–water partition coefficient (Wildman–Crippen LogP) is 7.47. The summed E-state index contributed by atoms with van der Waals surface area (Å²) >= 11 is 7.51. The number of nitrogens with one attached hydrogen (secondary N) is 1. The normalized spacial score (nSPS) is 15.5. The van der Waals surface area contributed by atoms with E-state index in [4.69, 9.17) is 16.3 Å². The first-order valence-corrected chi connectivity index (χ1v) is 12.8. The van der Waals surface area contributed by atoms with Crippen molar-refractivity contribution in [2.45, 2.75) is 40.0 Å². The Kier molecular flexibility index (Phi) is 7.47. The smallest absolute Gasteiger partial charge is 0.311 e. The molecule has 0 unspecified atom stereocenters. The van der Waals surface area contributed by atoms with E-state index in [-0.39, 0.29) is 22.8 Å². The Morgan fingerprint density at radius 1 is 1.25 bits per heavy atom. The van der Waals surface area contributed by atoms with Crippen molar-refractivity contribution < 1.29 is 14.5 Å². The van der Waals surface area contributed by atoms with E-state index in [1.807, 2.05) is 0 Å². The van der Waals surface area contributed by atoms with E-state index >= 15 is 0 Å². The molecule has 0 spiro atoms. The number of nitro benzene ring substituents is 1. The van der Waals surface area contributed by atoms with Gasteiger partial charge in [-0.25, -0.2) is 4.99 Å². The first-order chi connectivity index (χ1) is 17.1. The van der Waals surface area contributed by atoms with E-state index in [2.05, 4.69) is 31.1 Å². The minimum Gasteiger partial charge on any atom is -0.490 e. The number of ether oxygens (including phenoxy) is 1. The summed E-state index contributed by atoms with van der Waals surface area (Å²) in [6, 6.07) is 11.6. The molecular weight excluding hydrogens is 498 g/mol. The monoisotopic (exact) mass is 525 g/mol. The van der Waals surface area contributed by atoms with Gasteiger partial charge in [-0.1, -0.05) is 32.4 Å². The average molecular weight is 526 g/mol. The number of thiophene rings is 1. The van der Waals surface area contributed by atoms with Crippen LogP contribution < -0.4 is 10.1 Å². The molecule has 0 saturated carbocycles. The molecule has 7 nitrogen and oxygen atoms in total. The van der Waals surface area contributed by atoms with Crippen LogP contribution >= 0.6 is 22.9 Å². The van der Waals surface area contributed by atoms with Crippen molar-refractivity contribution in [2.24, 2.45) is 16.3 Å². The molecule has 0 aliphatic heterocycles. The van der Waals surface area contributed by atoms with Crippen molar-refractivity contribution in [3.8, 4) is 5.75 Å². The lowest BCUT2D eigenvalue weighted by atomic mass is 9.72. The van der Waals surface area contributed by atoms with Crippen molar-refractivity contribution in [1.29, 1.82) is 0 Å². The van der Waals surface area contributed by atoms with Gasteiger partial charge >= 0.3 is 5.69 Å². The number of aliphatic imine (C=N–C) groups is 1. The Hall–Kier alpha value is -3.23. The summed E-state index contributed by atoms with van der Waals surface area (Å²) in [5.74, 6) is 0.466. The highest BCUT2D eigenvalue weighted by molar-refractivity contribution is 7.16. The zero-order chi connectivity index (χ0) is 26.0. The van der Waals surface area contributed by atoms with Crippen LogP contribution in [0.1, 0.15) is 53.6 Å². The highest BCUT2D eigenvalue weighted by Crippen LogP contribution is 2.45. The minimum absolute atomic E-state index is 0.138. The number of benzene rings is 2. The summed E-state index contributed by atoms with van der Waals surface area (Å²) in [7, 11) is 1.39. The number of halogens is 1. The van der Waals surface area contributed by atoms with E-state index < -0.39 is 4.92 Å². The van der Waals surface area contributed by atoms with Crippen LogP contribution in [0.15, 0.2) is 47.5 Å². The largest absolute Gasteiger partial charge is 0.490 e. The van der Waals surface area contributed by atoms with Crippen molar-refractivity contribution >= 4 is 51.4 Å². The fourth-order valence-corrected chi connectivity index (χ4v) is 5.82. The van der Waals surface area contributed by atoms with Gasteiger partial charge in [0, 0.05) is 27.9 Å². The van der Waals surface area contributed by atoms with Gasteiger partial charge in [0.15, 0.2) is 5.75 Å². The fraction of sp³-hybridized carbons (Fsp3) is 0.333. The highest BCUT2D eigenvalue weighted by atomic mass is 35.5. The molecule has 4 rings (SSSR count). The topological polar surface area (TPSA) is 93.8 Å². The van der Waals surface area contributed by atoms with Gasteiger partial charge in [0.05, 0.1) is 17.6 Å². The summed E-state index contributed by atoms with van der Waals surface area (Å²) in [5.41, 5.74) is 2.83. The van der Waals surface area contributed by atoms with Crippen LogP contribution in [-0.4, -0.2) is 24.2 Å². The van der Waals surface area contributed by atoms with Crippen LogP contribution in [0.2, 0.25) is 5.02 Å². The number of fused-ring (bicyclic) bond motifs is 1. The Morgan fingerprint density at radius 3 is 2.61 bits per heavy atom. The zero-order valence-corrected chi connectivity index (χ0v) is 22.2. The zero-order valence-electron chi connectivity index (χ0n) is 20.6. The molecule has 1 N–H and O–H groups in total. The molecule has 1 amide bonds. The van der Waals surface area contributed by atoms with Gasteiger partial charge < -0.3 is 10.1 Å². The van der Waals surface area contributed by atoms with E-state index in [0.717, 1.165) is 24.8 Å². The SMILES string of the molecule is COc1ccc(C=Nc2sc3c(c2C(=O)Nc2ccc(Cl)cc2)CC[C@@H](C(C)(C)C)C3)cc1[N+](=O)[O-]. The number of rotatable bonds is 6. The summed E-state index contributed by atoms with van der Waals surface area (Å²) in [6.45, 7) is 6.75. The van der Waals surface area contributed by atoms with Gasteiger partial charge in [-0.15, -0.1) is 11.3 Å². The third kappa shape index (κ3) is 5.60. The molecular formula is C27H28ClN3O4S. The van der Waals surface area contributed by atoms with Crippen LogP contribution in [-0.2, 0) is 12.8 Å². The number of nitrogens with zero attached hydrogens (tertiary/aromatic N) is 2. The summed E-state index contributed by atoms with van der Waals surface area (Å²) in [4.78, 5) is 30.2. The standard InChI is InChI=1S/C27H28ClN3O4S/c1-27(2,3)17-6-11-20-23(14-17)36-26(24(20)25(32)30-19-9-7-18(28)8-10-19)29-15-16-5-12-22(35-4)21(13-16)31(33)34/h5,7-10,12-13,15,17H,6,11,14H2,1-4H3,(H,30,32)/t17-/m1/s1. The van der Waals surface area contributed by atoms with E-state index in [9.17, 15) is 14.9 Å². The first-order valence-electron chi connectivity index (χ1n) is 11.6. The van der Waals surface area contributed by atoms with Crippen LogP contribution in [0.25, 0.3) is 0 Å². The minimum atomic E-state index is -0.488. The van der Waals surface area contributed by atoms with Crippen LogP contribution in [0.3, 0.4) is 0 Å². The lowest BCUT2D eigenvalue weighted by molar-refractivity contribution is -0.385. The average Bonchev–Trinajstić information content (AvgIpc) is 3.21. The Bertz CT molecular complexity index is 1330. The van der Waals surface area contributed by atoms with Gasteiger partial charge in [-0.2, -0.15) is 0 Å². The second-order valence-corrected chi connectivity index (χ2v) is 11.4. The van der Waals surface area contributed by atoms with Crippen LogP contribution in [0.5, 0.6) is 5.75 Å². The molecule has 1 aromatic heterocycles. The number of hydrogen-bond acceptors (Lipinski definition) is 6. The molecule has 0 saturated heterocycles. The Labute approximate surface area is 219 Å². The highest BCUT2D eigenvalue weighted by Gasteiger charge is 2.33. The summed E-state index contributed by atoms with van der Waals surface area (Å²) < 4.78 is 5.09. The second kappa shape index (κ2) is 10.4. The van der Waals surface area contributed by atoms with E-state index in [1.54, 1.807) is 42.6 Å². The van der Waals surface area contributed by atoms with Crippen molar-refractivity contribution in [1.82, 2.24) is 0 Å². The van der Waals surface area contributed by atoms with Crippen molar-refractivity contribution in [3.05, 3.63) is 79.2 Å². The molecule has 0 radical (unpaired) electrons. The van der Waals surface area contributed by atoms with Gasteiger partial charge in [0.2, 0.25) is 0 Å². The lowest BCUT2D eigenvalue weighted by Crippen LogP contribution is -2.27. The summed E-state index contributed by atoms with van der Waals surface area (Å²) in [5, 5.41) is 15.6. The second-order valence-electron chi connectivity index (χ2n) is 9.90. The third-order valence-electron chi connectivity index (χ3n) is 6.53. The van der Waals surface area contributed by atoms with Crippen molar-refractivity contribution in [3.63, 3.8) is 0 Å². The maximum absolute atomic E-state index is 13.5. The molecule has 1 heterocycles. The van der Waals surface area contributed by atoms with Gasteiger partial charge in [-0.3, -0.25) is 14.9 Å². The molecule has 188 valence electrons.